The first-order valence-electron chi connectivity index (χ1n) is 10.2. The van der Waals surface area contributed by atoms with Crippen LogP contribution in [-0.4, -0.2) is 38.0 Å². The van der Waals surface area contributed by atoms with Gasteiger partial charge >= 0.3 is 11.7 Å². The minimum Gasteiger partial charge on any atom is -0.479 e. The summed E-state index contributed by atoms with van der Waals surface area (Å²) in [6, 6.07) is 7.90. The average molecular weight is 596 g/mol. The molecule has 0 saturated carbocycles. The number of benzene rings is 2. The number of nitro benzene ring substituents is 1. The normalized spacial score (nSPS) is 12.2. The Morgan fingerprint density at radius 1 is 1.35 bits per heavy atom. The maximum Gasteiger partial charge on any atom is 0.344 e. The molecule has 0 bridgehead atoms. The Morgan fingerprint density at radius 2 is 2.09 bits per heavy atom. The third-order valence-electron chi connectivity index (χ3n) is 4.84. The molecule has 2 aromatic carbocycles. The van der Waals surface area contributed by atoms with Crippen molar-refractivity contribution in [2.24, 2.45) is 5.10 Å². The van der Waals surface area contributed by atoms with E-state index in [2.05, 4.69) is 41.9 Å². The molecule has 178 valence electrons. The highest BCUT2D eigenvalue weighted by molar-refractivity contribution is 9.10. The molecule has 3 aromatic rings. The van der Waals surface area contributed by atoms with Crippen LogP contribution in [0.15, 0.2) is 49.2 Å². The molecule has 3 rings (SSSR count). The number of aryl methyl sites for hydroxylation is 1. The van der Waals surface area contributed by atoms with E-state index < -0.39 is 22.7 Å². The van der Waals surface area contributed by atoms with Gasteiger partial charge in [-0.05, 0) is 53.5 Å². The largest absolute Gasteiger partial charge is 0.479 e. The minimum atomic E-state index is -1.29. The van der Waals surface area contributed by atoms with Gasteiger partial charge in [0.15, 0.2) is 6.10 Å². The van der Waals surface area contributed by atoms with E-state index in [1.54, 1.807) is 18.2 Å². The summed E-state index contributed by atoms with van der Waals surface area (Å²) in [6.07, 6.45) is 2.24. The summed E-state index contributed by atoms with van der Waals surface area (Å²) in [7, 11) is 0. The summed E-state index contributed by atoms with van der Waals surface area (Å²) >= 11 is 6.56. The second kappa shape index (κ2) is 10.9. The number of aliphatic carboxylic acids is 1. The average Bonchev–Trinajstić information content (AvgIpc) is 2.78. The molecule has 0 aliphatic heterocycles. The first-order chi connectivity index (χ1) is 16.1. The summed E-state index contributed by atoms with van der Waals surface area (Å²) < 4.78 is 7.35. The van der Waals surface area contributed by atoms with Crippen molar-refractivity contribution in [3.8, 4) is 5.75 Å². The summed E-state index contributed by atoms with van der Waals surface area (Å²) in [5.74, 6) is -1.00. The van der Waals surface area contributed by atoms with Crippen LogP contribution in [-0.2, 0) is 11.2 Å². The van der Waals surface area contributed by atoms with E-state index in [1.807, 2.05) is 6.92 Å². The van der Waals surface area contributed by atoms with Crippen LogP contribution >= 0.6 is 31.9 Å². The lowest BCUT2D eigenvalue weighted by Gasteiger charge is -2.13. The Hall–Kier alpha value is -3.12. The molecular formula is C22H20Br2N4O6. The van der Waals surface area contributed by atoms with Crippen molar-refractivity contribution in [1.82, 2.24) is 9.66 Å². The first-order valence-corrected chi connectivity index (χ1v) is 11.8. The molecule has 12 heteroatoms. The van der Waals surface area contributed by atoms with E-state index in [0.29, 0.717) is 28.7 Å². The summed E-state index contributed by atoms with van der Waals surface area (Å²) in [4.78, 5) is 39.8. The maximum atomic E-state index is 13.2. The van der Waals surface area contributed by atoms with Gasteiger partial charge in [-0.25, -0.2) is 9.78 Å². The van der Waals surface area contributed by atoms with E-state index in [-0.39, 0.29) is 15.8 Å². The van der Waals surface area contributed by atoms with Crippen LogP contribution in [0, 0.1) is 10.1 Å². The van der Waals surface area contributed by atoms with Gasteiger partial charge < -0.3 is 9.84 Å². The van der Waals surface area contributed by atoms with Crippen LogP contribution in [0.3, 0.4) is 0 Å². The predicted molar refractivity (Wildman–Crippen MR) is 134 cm³/mol. The second-order valence-electron chi connectivity index (χ2n) is 7.36. The van der Waals surface area contributed by atoms with Gasteiger partial charge in [-0.1, -0.05) is 29.3 Å². The first kappa shape index (κ1) is 25.5. The predicted octanol–water partition coefficient (Wildman–Crippen LogP) is 4.91. The highest BCUT2D eigenvalue weighted by Gasteiger charge is 2.24. The number of carboxylic acids is 1. The Balaban J connectivity index is 2.10. The van der Waals surface area contributed by atoms with Crippen molar-refractivity contribution in [2.75, 3.05) is 0 Å². The molecule has 1 heterocycles. The third-order valence-corrected chi connectivity index (χ3v) is 5.92. The Bertz CT molecular complexity index is 1360. The van der Waals surface area contributed by atoms with Crippen LogP contribution in [0.1, 0.15) is 38.1 Å². The number of halogens is 2. The van der Waals surface area contributed by atoms with Crippen molar-refractivity contribution in [3.05, 3.63) is 71.1 Å². The number of hydrogen-bond donors (Lipinski definition) is 1. The number of aromatic nitrogens is 2. The summed E-state index contributed by atoms with van der Waals surface area (Å²) in [5.41, 5.74) is 0.0512. The Morgan fingerprint density at radius 3 is 2.74 bits per heavy atom. The van der Waals surface area contributed by atoms with Gasteiger partial charge in [0.2, 0.25) is 5.75 Å². The molecule has 1 aromatic heterocycles. The number of carboxylic acid groups (broad SMARTS) is 1. The topological polar surface area (TPSA) is 137 Å². The standard InChI is InChI=1S/C22H20Br2N4O6/c1-3-4-5-19-26-17-7-6-14(23)10-15(17)21(29)27(19)25-11-13-8-16(24)20(18(9-13)28(32)33)34-12(2)22(30)31/h6-12H,3-5H2,1-2H3,(H,30,31)/t12-/m1/s1. The van der Waals surface area contributed by atoms with Gasteiger partial charge in [0.25, 0.3) is 5.56 Å². The fourth-order valence-corrected chi connectivity index (χ4v) is 4.01. The molecule has 0 unspecified atom stereocenters. The zero-order valence-electron chi connectivity index (χ0n) is 18.2. The number of hydrogen-bond acceptors (Lipinski definition) is 7. The van der Waals surface area contributed by atoms with Gasteiger partial charge in [-0.2, -0.15) is 9.78 Å². The molecule has 0 aliphatic rings. The Kier molecular flexibility index (Phi) is 8.15. The zero-order chi connectivity index (χ0) is 25.0. The van der Waals surface area contributed by atoms with E-state index >= 15 is 0 Å². The van der Waals surface area contributed by atoms with Crippen molar-refractivity contribution < 1.29 is 19.6 Å². The van der Waals surface area contributed by atoms with E-state index in [4.69, 9.17) is 9.84 Å². The van der Waals surface area contributed by atoms with Crippen molar-refractivity contribution in [1.29, 1.82) is 0 Å². The number of nitrogens with zero attached hydrogens (tertiary/aromatic N) is 4. The van der Waals surface area contributed by atoms with Crippen LogP contribution in [0.2, 0.25) is 0 Å². The van der Waals surface area contributed by atoms with E-state index in [1.165, 1.54) is 29.9 Å². The zero-order valence-corrected chi connectivity index (χ0v) is 21.4. The molecular weight excluding hydrogens is 576 g/mol. The number of fused-ring (bicyclic) bond motifs is 1. The van der Waals surface area contributed by atoms with Gasteiger partial charge in [-0.3, -0.25) is 14.9 Å². The number of nitro groups is 1. The Labute approximate surface area is 210 Å². The molecule has 0 fully saturated rings. The van der Waals surface area contributed by atoms with Crippen molar-refractivity contribution in [3.63, 3.8) is 0 Å². The summed E-state index contributed by atoms with van der Waals surface area (Å²) in [5, 5.41) is 25.3. The molecule has 0 saturated heterocycles. The molecule has 34 heavy (non-hydrogen) atoms. The fraction of sp³-hybridized carbons (Fsp3) is 0.273. The molecule has 1 N–H and O–H groups in total. The molecule has 0 spiro atoms. The maximum absolute atomic E-state index is 13.2. The lowest BCUT2D eigenvalue weighted by atomic mass is 10.2. The lowest BCUT2D eigenvalue weighted by molar-refractivity contribution is -0.386. The number of rotatable bonds is 9. The summed E-state index contributed by atoms with van der Waals surface area (Å²) in [6.45, 7) is 3.29. The molecule has 10 nitrogen and oxygen atoms in total. The van der Waals surface area contributed by atoms with Crippen molar-refractivity contribution in [2.45, 2.75) is 39.2 Å². The SMILES string of the molecule is CCCCc1nc2ccc(Br)cc2c(=O)n1N=Cc1cc(Br)c(O[C@H](C)C(=O)O)c([N+](=O)[O-])c1. The van der Waals surface area contributed by atoms with Crippen molar-refractivity contribution >= 4 is 60.6 Å². The van der Waals surface area contributed by atoms with Crippen LogP contribution in [0.4, 0.5) is 5.69 Å². The highest BCUT2D eigenvalue weighted by Crippen LogP contribution is 2.36. The smallest absolute Gasteiger partial charge is 0.344 e. The monoisotopic (exact) mass is 594 g/mol. The fourth-order valence-electron chi connectivity index (χ4n) is 3.09. The third kappa shape index (κ3) is 5.68. The quantitative estimate of drug-likeness (QED) is 0.211. The van der Waals surface area contributed by atoms with Gasteiger partial charge in [-0.15, -0.1) is 0 Å². The number of unbranched alkanes of at least 4 members (excludes halogenated alkanes) is 1. The minimum absolute atomic E-state index is 0.176. The molecule has 0 amide bonds. The highest BCUT2D eigenvalue weighted by atomic mass is 79.9. The van der Waals surface area contributed by atoms with E-state index in [0.717, 1.165) is 17.3 Å². The molecule has 0 aliphatic carbocycles. The van der Waals surface area contributed by atoms with Crippen LogP contribution in [0.25, 0.3) is 10.9 Å². The number of ether oxygens (including phenoxy) is 1. The van der Waals surface area contributed by atoms with Gasteiger partial charge in [0.05, 0.1) is 26.5 Å². The van der Waals surface area contributed by atoms with Gasteiger partial charge in [0.1, 0.15) is 5.82 Å². The van der Waals surface area contributed by atoms with E-state index in [9.17, 15) is 19.7 Å². The lowest BCUT2D eigenvalue weighted by Crippen LogP contribution is -2.23. The van der Waals surface area contributed by atoms with Gasteiger partial charge in [0, 0.05) is 22.5 Å². The van der Waals surface area contributed by atoms with Crippen LogP contribution in [0.5, 0.6) is 5.75 Å². The second-order valence-corrected chi connectivity index (χ2v) is 9.13. The number of carbonyl (C=O) groups is 1. The van der Waals surface area contributed by atoms with Crippen LogP contribution < -0.4 is 10.3 Å². The molecule has 1 atom stereocenters. The molecule has 0 radical (unpaired) electrons.